The Bertz CT molecular complexity index is 887. The summed E-state index contributed by atoms with van der Waals surface area (Å²) in [7, 11) is 0. The lowest BCUT2D eigenvalue weighted by Crippen LogP contribution is -2.41. The van der Waals surface area contributed by atoms with Gasteiger partial charge >= 0.3 is 0 Å². The van der Waals surface area contributed by atoms with E-state index in [1.54, 1.807) is 0 Å². The third-order valence-electron chi connectivity index (χ3n) is 4.47. The van der Waals surface area contributed by atoms with Crippen LogP contribution in [0.25, 0.3) is 17.7 Å². The molecule has 2 atom stereocenters. The van der Waals surface area contributed by atoms with Gasteiger partial charge in [0.1, 0.15) is 0 Å². The van der Waals surface area contributed by atoms with Crippen molar-refractivity contribution in [1.29, 1.82) is 0 Å². The summed E-state index contributed by atoms with van der Waals surface area (Å²) in [4.78, 5) is 0. The maximum Gasteiger partial charge on any atom is 0.0513 e. The Balaban J connectivity index is 1.99. The summed E-state index contributed by atoms with van der Waals surface area (Å²) >= 11 is 0. The lowest BCUT2D eigenvalue weighted by atomic mass is 9.93. The van der Waals surface area contributed by atoms with Crippen molar-refractivity contribution < 1.29 is 0 Å². The first-order chi connectivity index (χ1) is 11.7. The van der Waals surface area contributed by atoms with Crippen molar-refractivity contribution in [3.05, 3.63) is 102 Å². The van der Waals surface area contributed by atoms with E-state index in [1.807, 2.05) is 30.4 Å². The summed E-state index contributed by atoms with van der Waals surface area (Å²) in [6, 6.07) is 19.0. The topological polar surface area (TPSA) is 12.0 Å². The smallest absolute Gasteiger partial charge is 0.0513 e. The summed E-state index contributed by atoms with van der Waals surface area (Å²) in [6.07, 6.45) is 8.40. The zero-order valence-corrected chi connectivity index (χ0v) is 14.1. The van der Waals surface area contributed by atoms with Gasteiger partial charge in [0.15, 0.2) is 0 Å². The van der Waals surface area contributed by atoms with Crippen molar-refractivity contribution in [2.75, 3.05) is 0 Å². The molecule has 0 amide bonds. The van der Waals surface area contributed by atoms with Gasteiger partial charge in [-0.1, -0.05) is 92.9 Å². The Morgan fingerprint density at radius 2 is 1.50 bits per heavy atom. The summed E-state index contributed by atoms with van der Waals surface area (Å²) in [5.41, 5.74) is 3.23. The van der Waals surface area contributed by atoms with Gasteiger partial charge in [-0.25, -0.2) is 0 Å². The molecule has 0 heterocycles. The largest absolute Gasteiger partial charge is 0.378 e. The molecule has 0 radical (unpaired) electrons. The number of fused-ring (bicyclic) bond motifs is 1. The van der Waals surface area contributed by atoms with Crippen molar-refractivity contribution in [1.82, 2.24) is 5.32 Å². The second-order valence-corrected chi connectivity index (χ2v) is 6.09. The molecule has 24 heavy (non-hydrogen) atoms. The molecule has 0 fully saturated rings. The number of hydrogen-bond donors (Lipinski definition) is 1. The van der Waals surface area contributed by atoms with Gasteiger partial charge in [0.25, 0.3) is 0 Å². The van der Waals surface area contributed by atoms with E-state index < -0.39 is 0 Å². The number of benzene rings is 2. The van der Waals surface area contributed by atoms with Crippen molar-refractivity contribution in [2.24, 2.45) is 5.92 Å². The van der Waals surface area contributed by atoms with Crippen LogP contribution in [0.1, 0.15) is 12.5 Å². The highest BCUT2D eigenvalue weighted by atomic mass is 14.9. The Kier molecular flexibility index (Phi) is 4.81. The van der Waals surface area contributed by atoms with Gasteiger partial charge in [0.05, 0.1) is 6.04 Å². The zero-order valence-electron chi connectivity index (χ0n) is 14.1. The van der Waals surface area contributed by atoms with Gasteiger partial charge in [0.2, 0.25) is 0 Å². The van der Waals surface area contributed by atoms with Gasteiger partial charge in [-0.3, -0.25) is 0 Å². The van der Waals surface area contributed by atoms with Crippen LogP contribution >= 0.6 is 0 Å². The molecular formula is C23H23N. The fourth-order valence-electron chi connectivity index (χ4n) is 3.15. The zero-order chi connectivity index (χ0) is 16.9. The first-order valence-corrected chi connectivity index (χ1v) is 8.33. The molecule has 2 aromatic rings. The van der Waals surface area contributed by atoms with Crippen LogP contribution in [0, 0.1) is 5.92 Å². The minimum atomic E-state index is 0.228. The Morgan fingerprint density at radius 1 is 0.875 bits per heavy atom. The maximum atomic E-state index is 4.00. The molecule has 2 unspecified atom stereocenters. The molecule has 1 aliphatic rings. The summed E-state index contributed by atoms with van der Waals surface area (Å²) in [6.45, 7) is 10.2. The Hall–Kier alpha value is -2.80. The molecule has 0 bridgehead atoms. The predicted octanol–water partition coefficient (Wildman–Crippen LogP) is 3.64. The molecule has 1 N–H and O–H groups in total. The monoisotopic (exact) mass is 313 g/mol. The standard InChI is InChI=1S/C23H23N/c1-4-21(18-11-7-6-8-12-18)22(5-2)24-23-16-20-14-10-9-13-19(20)15-17(23)3/h4-17,23-24H,1-2H2,3H3/b22-21-. The molecule has 0 saturated heterocycles. The summed E-state index contributed by atoms with van der Waals surface area (Å²) in [5.74, 6) is 0.400. The van der Waals surface area contributed by atoms with Gasteiger partial charge < -0.3 is 5.32 Å². The minimum Gasteiger partial charge on any atom is -0.378 e. The van der Waals surface area contributed by atoms with Crippen molar-refractivity contribution >= 4 is 17.7 Å². The van der Waals surface area contributed by atoms with Gasteiger partial charge in [-0.05, 0) is 28.0 Å². The first-order valence-electron chi connectivity index (χ1n) is 8.33. The van der Waals surface area contributed by atoms with Gasteiger partial charge in [-0.15, -0.1) is 0 Å². The van der Waals surface area contributed by atoms with Crippen LogP contribution in [0.3, 0.4) is 0 Å². The fraction of sp³-hybridized carbons (Fsp3) is 0.130. The third kappa shape index (κ3) is 3.26. The van der Waals surface area contributed by atoms with Crippen LogP contribution in [0.2, 0.25) is 0 Å². The molecule has 3 rings (SSSR count). The highest BCUT2D eigenvalue weighted by Crippen LogP contribution is 2.21. The molecule has 120 valence electrons. The quantitative estimate of drug-likeness (QED) is 0.831. The van der Waals surface area contributed by atoms with E-state index in [0.717, 1.165) is 16.8 Å². The number of allylic oxidation sites excluding steroid dienone is 3. The van der Waals surface area contributed by atoms with E-state index in [4.69, 9.17) is 0 Å². The van der Waals surface area contributed by atoms with Gasteiger partial charge in [-0.2, -0.15) is 0 Å². The number of hydrogen-bond acceptors (Lipinski definition) is 1. The highest BCUT2D eigenvalue weighted by molar-refractivity contribution is 5.77. The minimum absolute atomic E-state index is 0.228. The second-order valence-electron chi connectivity index (χ2n) is 6.09. The normalized spacial score (nSPS) is 19.9. The molecular weight excluding hydrogens is 290 g/mol. The van der Waals surface area contributed by atoms with E-state index in [1.165, 1.54) is 10.4 Å². The summed E-state index contributed by atoms with van der Waals surface area (Å²) < 4.78 is 0. The maximum absolute atomic E-state index is 4.00. The van der Waals surface area contributed by atoms with Crippen molar-refractivity contribution in [3.8, 4) is 0 Å². The van der Waals surface area contributed by atoms with Crippen LogP contribution in [-0.4, -0.2) is 6.04 Å². The van der Waals surface area contributed by atoms with E-state index in [9.17, 15) is 0 Å². The molecule has 0 aromatic heterocycles. The van der Waals surface area contributed by atoms with Crippen LogP contribution in [0.5, 0.6) is 0 Å². The van der Waals surface area contributed by atoms with Crippen LogP contribution in [0.4, 0.5) is 0 Å². The molecule has 0 aliphatic heterocycles. The van der Waals surface area contributed by atoms with E-state index >= 15 is 0 Å². The van der Waals surface area contributed by atoms with Crippen LogP contribution in [-0.2, 0) is 0 Å². The van der Waals surface area contributed by atoms with Crippen molar-refractivity contribution in [2.45, 2.75) is 13.0 Å². The van der Waals surface area contributed by atoms with E-state index in [2.05, 4.69) is 73.9 Å². The number of nitrogens with one attached hydrogen (secondary N) is 1. The molecule has 1 heteroatoms. The lowest BCUT2D eigenvalue weighted by Gasteiger charge is -2.25. The third-order valence-corrected chi connectivity index (χ3v) is 4.47. The molecule has 0 saturated carbocycles. The van der Waals surface area contributed by atoms with Gasteiger partial charge in [0, 0.05) is 11.3 Å². The summed E-state index contributed by atoms with van der Waals surface area (Å²) in [5, 5.41) is 6.23. The van der Waals surface area contributed by atoms with E-state index in [0.29, 0.717) is 5.92 Å². The number of rotatable bonds is 5. The van der Waals surface area contributed by atoms with Crippen LogP contribution in [0.15, 0.2) is 85.6 Å². The average Bonchev–Trinajstić information content (AvgIpc) is 2.62. The molecule has 2 aromatic carbocycles. The highest BCUT2D eigenvalue weighted by Gasteiger charge is 2.17. The van der Waals surface area contributed by atoms with Crippen molar-refractivity contribution in [3.63, 3.8) is 0 Å². The molecule has 0 spiro atoms. The Morgan fingerprint density at radius 3 is 2.12 bits per heavy atom. The van der Waals surface area contributed by atoms with Crippen LogP contribution < -0.4 is 15.8 Å². The lowest BCUT2D eigenvalue weighted by molar-refractivity contribution is 0.594. The predicted molar refractivity (Wildman–Crippen MR) is 104 cm³/mol. The molecule has 1 aliphatic carbocycles. The van der Waals surface area contributed by atoms with E-state index in [-0.39, 0.29) is 6.04 Å². The fourth-order valence-corrected chi connectivity index (χ4v) is 3.15. The SMILES string of the molecule is C=C/C(NC1C=c2ccccc2=CC1C)=C(\C=C)c1ccccc1. The Labute approximate surface area is 144 Å². The first kappa shape index (κ1) is 16.1. The second kappa shape index (κ2) is 7.18. The molecule has 1 nitrogen and oxygen atoms in total. The average molecular weight is 313 g/mol.